The van der Waals surface area contributed by atoms with Crippen LogP contribution in [-0.2, 0) is 26.8 Å². The van der Waals surface area contributed by atoms with Gasteiger partial charge in [-0.1, -0.05) is 0 Å². The average Bonchev–Trinajstić information content (AvgIpc) is 2.14. The molecule has 0 saturated heterocycles. The third-order valence-corrected chi connectivity index (χ3v) is 3.43. The van der Waals surface area contributed by atoms with Gasteiger partial charge in [0, 0.05) is 6.54 Å². The van der Waals surface area contributed by atoms with Gasteiger partial charge in [0.05, 0.1) is 9.79 Å². The zero-order valence-electron chi connectivity index (χ0n) is 7.86. The molecule has 0 unspecified atom stereocenters. The van der Waals surface area contributed by atoms with Crippen molar-refractivity contribution in [2.75, 3.05) is 0 Å². The van der Waals surface area contributed by atoms with E-state index in [0.717, 1.165) is 12.1 Å². The van der Waals surface area contributed by atoms with Gasteiger partial charge in [-0.25, -0.2) is 0 Å². The van der Waals surface area contributed by atoms with E-state index in [1.54, 1.807) is 0 Å². The van der Waals surface area contributed by atoms with E-state index in [-0.39, 0.29) is 12.1 Å². The Morgan fingerprint density at radius 2 is 1.31 bits per heavy atom. The molecule has 1 aromatic rings. The zero-order chi connectivity index (χ0) is 12.6. The molecular formula is C7H9NO6S2. The Balaban J connectivity index is 3.58. The first kappa shape index (κ1) is 13.1. The van der Waals surface area contributed by atoms with Gasteiger partial charge in [0.25, 0.3) is 20.2 Å². The SMILES string of the molecule is NCc1cc(S(=O)(=O)O)cc(S(=O)(=O)O)c1. The largest absolute Gasteiger partial charge is 0.326 e. The molecule has 0 saturated carbocycles. The lowest BCUT2D eigenvalue weighted by atomic mass is 10.2. The molecule has 1 rings (SSSR count). The molecule has 0 spiro atoms. The van der Waals surface area contributed by atoms with E-state index in [9.17, 15) is 16.8 Å². The van der Waals surface area contributed by atoms with Gasteiger partial charge < -0.3 is 5.73 Å². The smallest absolute Gasteiger partial charge is 0.294 e. The van der Waals surface area contributed by atoms with Gasteiger partial charge in [-0.05, 0) is 23.8 Å². The molecule has 1 aromatic carbocycles. The Bertz CT molecular complexity index is 554. The molecule has 0 aliphatic carbocycles. The molecule has 0 radical (unpaired) electrons. The summed E-state index contributed by atoms with van der Waals surface area (Å²) in [5, 5.41) is 0. The lowest BCUT2D eigenvalue weighted by Crippen LogP contribution is -2.06. The fourth-order valence-corrected chi connectivity index (χ4v) is 2.27. The van der Waals surface area contributed by atoms with Crippen LogP contribution in [0.1, 0.15) is 5.56 Å². The standard InChI is InChI=1S/C7H9NO6S2/c8-4-5-1-6(15(9,10)11)3-7(2-5)16(12,13)14/h1-3H,4,8H2,(H,9,10,11)(H,12,13,14). The summed E-state index contributed by atoms with van der Waals surface area (Å²) in [7, 11) is -9.10. The molecule has 7 nitrogen and oxygen atoms in total. The maximum absolute atomic E-state index is 10.8. The first-order chi connectivity index (χ1) is 7.14. The van der Waals surface area contributed by atoms with Crippen LogP contribution in [0.4, 0.5) is 0 Å². The van der Waals surface area contributed by atoms with E-state index in [1.807, 2.05) is 0 Å². The number of benzene rings is 1. The minimum Gasteiger partial charge on any atom is -0.326 e. The van der Waals surface area contributed by atoms with Crippen LogP contribution < -0.4 is 5.73 Å². The van der Waals surface area contributed by atoms with Crippen LogP contribution in [0.3, 0.4) is 0 Å². The number of rotatable bonds is 3. The second kappa shape index (κ2) is 4.11. The highest BCUT2D eigenvalue weighted by molar-refractivity contribution is 7.86. The van der Waals surface area contributed by atoms with Crippen LogP contribution in [0.2, 0.25) is 0 Å². The number of hydrogen-bond donors (Lipinski definition) is 3. The molecule has 0 heterocycles. The van der Waals surface area contributed by atoms with Crippen molar-refractivity contribution in [3.8, 4) is 0 Å². The first-order valence-electron chi connectivity index (χ1n) is 3.93. The van der Waals surface area contributed by atoms with Crippen LogP contribution in [0.15, 0.2) is 28.0 Å². The van der Waals surface area contributed by atoms with Crippen molar-refractivity contribution < 1.29 is 25.9 Å². The van der Waals surface area contributed by atoms with Gasteiger partial charge in [0.2, 0.25) is 0 Å². The van der Waals surface area contributed by atoms with Gasteiger partial charge >= 0.3 is 0 Å². The summed E-state index contributed by atoms with van der Waals surface area (Å²) in [5.74, 6) is 0. The minimum absolute atomic E-state index is 0.133. The maximum Gasteiger partial charge on any atom is 0.294 e. The van der Waals surface area contributed by atoms with E-state index in [0.29, 0.717) is 6.07 Å². The summed E-state index contributed by atoms with van der Waals surface area (Å²) < 4.78 is 60.8. The van der Waals surface area contributed by atoms with Crippen LogP contribution in [-0.4, -0.2) is 25.9 Å². The summed E-state index contributed by atoms with van der Waals surface area (Å²) in [6, 6.07) is 2.68. The molecule has 0 aromatic heterocycles. The van der Waals surface area contributed by atoms with Gasteiger partial charge in [-0.2, -0.15) is 16.8 Å². The molecule has 0 aliphatic rings. The second-order valence-corrected chi connectivity index (χ2v) is 5.81. The Hall–Kier alpha value is -1.00. The highest BCUT2D eigenvalue weighted by Crippen LogP contribution is 2.18. The summed E-state index contributed by atoms with van der Waals surface area (Å²) in [5.41, 5.74) is 5.38. The molecule has 0 atom stereocenters. The Morgan fingerprint density at radius 1 is 0.938 bits per heavy atom. The predicted molar refractivity (Wildman–Crippen MR) is 54.0 cm³/mol. The molecule has 90 valence electrons. The monoisotopic (exact) mass is 267 g/mol. The van der Waals surface area contributed by atoms with Gasteiger partial charge in [-0.15, -0.1) is 0 Å². The summed E-state index contributed by atoms with van der Waals surface area (Å²) in [6.45, 7) is -0.133. The topological polar surface area (TPSA) is 135 Å². The van der Waals surface area contributed by atoms with Gasteiger partial charge in [0.15, 0.2) is 0 Å². The van der Waals surface area contributed by atoms with E-state index < -0.39 is 30.0 Å². The molecular weight excluding hydrogens is 258 g/mol. The van der Waals surface area contributed by atoms with Gasteiger partial charge in [-0.3, -0.25) is 9.11 Å². The summed E-state index contributed by atoms with van der Waals surface area (Å²) >= 11 is 0. The van der Waals surface area contributed by atoms with E-state index >= 15 is 0 Å². The lowest BCUT2D eigenvalue weighted by Gasteiger charge is -2.04. The van der Waals surface area contributed by atoms with Crippen molar-refractivity contribution in [3.05, 3.63) is 23.8 Å². The van der Waals surface area contributed by atoms with Crippen molar-refractivity contribution in [1.29, 1.82) is 0 Å². The summed E-state index contributed by atoms with van der Waals surface area (Å²) in [4.78, 5) is -1.27. The van der Waals surface area contributed by atoms with Crippen LogP contribution in [0.25, 0.3) is 0 Å². The molecule has 4 N–H and O–H groups in total. The van der Waals surface area contributed by atoms with E-state index in [2.05, 4.69) is 0 Å². The van der Waals surface area contributed by atoms with Gasteiger partial charge in [0.1, 0.15) is 0 Å². The summed E-state index contributed by atoms with van der Waals surface area (Å²) in [6.07, 6.45) is 0. The normalized spacial score (nSPS) is 12.7. The van der Waals surface area contributed by atoms with Crippen LogP contribution in [0.5, 0.6) is 0 Å². The highest BCUT2D eigenvalue weighted by atomic mass is 32.2. The Labute approximate surface area is 92.4 Å². The van der Waals surface area contributed by atoms with Crippen molar-refractivity contribution in [2.24, 2.45) is 5.73 Å². The fraction of sp³-hybridized carbons (Fsp3) is 0.143. The van der Waals surface area contributed by atoms with Crippen molar-refractivity contribution in [2.45, 2.75) is 16.3 Å². The number of nitrogens with two attached hydrogens (primary N) is 1. The number of hydrogen-bond acceptors (Lipinski definition) is 5. The fourth-order valence-electron chi connectivity index (χ4n) is 1.05. The third kappa shape index (κ3) is 3.00. The maximum atomic E-state index is 10.8. The zero-order valence-corrected chi connectivity index (χ0v) is 9.49. The predicted octanol–water partition coefficient (Wildman–Crippen LogP) is -0.361. The average molecular weight is 267 g/mol. The second-order valence-electron chi connectivity index (χ2n) is 2.97. The van der Waals surface area contributed by atoms with Crippen LogP contribution in [0, 0.1) is 0 Å². The third-order valence-electron chi connectivity index (χ3n) is 1.77. The molecule has 0 aliphatic heterocycles. The van der Waals surface area contributed by atoms with Crippen LogP contribution >= 0.6 is 0 Å². The van der Waals surface area contributed by atoms with Crippen molar-refractivity contribution in [1.82, 2.24) is 0 Å². The molecule has 0 fully saturated rings. The molecule has 16 heavy (non-hydrogen) atoms. The van der Waals surface area contributed by atoms with Crippen molar-refractivity contribution in [3.63, 3.8) is 0 Å². The van der Waals surface area contributed by atoms with E-state index in [4.69, 9.17) is 14.8 Å². The quantitative estimate of drug-likeness (QED) is 0.636. The van der Waals surface area contributed by atoms with Crippen molar-refractivity contribution >= 4 is 20.2 Å². The minimum atomic E-state index is -4.55. The molecule has 9 heteroatoms. The Kier molecular flexibility index (Phi) is 3.35. The van der Waals surface area contributed by atoms with E-state index in [1.165, 1.54) is 0 Å². The molecule has 0 amide bonds. The lowest BCUT2D eigenvalue weighted by molar-refractivity contribution is 0.481. The first-order valence-corrected chi connectivity index (χ1v) is 6.81. The highest BCUT2D eigenvalue weighted by Gasteiger charge is 2.17. The Morgan fingerprint density at radius 3 is 1.56 bits per heavy atom. The molecule has 0 bridgehead atoms.